The summed E-state index contributed by atoms with van der Waals surface area (Å²) in [6, 6.07) is 0. The van der Waals surface area contributed by atoms with Crippen molar-refractivity contribution in [3.63, 3.8) is 0 Å². The van der Waals surface area contributed by atoms with Crippen LogP contribution in [0.15, 0.2) is 12.4 Å². The minimum Gasteiger partial charge on any atom is -0.354 e. The summed E-state index contributed by atoms with van der Waals surface area (Å²) in [6.07, 6.45) is 8.73. The van der Waals surface area contributed by atoms with Crippen molar-refractivity contribution in [2.75, 3.05) is 31.1 Å². The summed E-state index contributed by atoms with van der Waals surface area (Å²) in [5.41, 5.74) is 1.23. The number of nitrogens with zero attached hydrogens (tertiary/aromatic N) is 4. The van der Waals surface area contributed by atoms with Crippen molar-refractivity contribution in [2.45, 2.75) is 52.9 Å². The molecule has 0 aromatic carbocycles. The molecule has 0 unspecified atom stereocenters. The Labute approximate surface area is 145 Å². The quantitative estimate of drug-likeness (QED) is 0.851. The molecule has 0 aliphatic carbocycles. The van der Waals surface area contributed by atoms with Crippen LogP contribution in [0, 0.1) is 18.3 Å². The maximum Gasteiger partial charge on any atom is 0.222 e. The Bertz CT molecular complexity index is 588. The summed E-state index contributed by atoms with van der Waals surface area (Å²) < 4.78 is 0. The van der Waals surface area contributed by atoms with Gasteiger partial charge in [-0.05, 0) is 38.5 Å². The number of rotatable bonds is 4. The second-order valence-electron chi connectivity index (χ2n) is 7.99. The second-order valence-corrected chi connectivity index (χ2v) is 7.99. The van der Waals surface area contributed by atoms with Crippen molar-refractivity contribution >= 4 is 11.7 Å². The van der Waals surface area contributed by atoms with Gasteiger partial charge in [-0.25, -0.2) is 4.98 Å². The van der Waals surface area contributed by atoms with Crippen molar-refractivity contribution < 1.29 is 4.79 Å². The molecule has 132 valence electrons. The van der Waals surface area contributed by atoms with Crippen LogP contribution in [0.1, 0.15) is 51.6 Å². The fourth-order valence-corrected chi connectivity index (χ4v) is 4.15. The lowest BCUT2D eigenvalue weighted by Gasteiger charge is -2.48. The van der Waals surface area contributed by atoms with E-state index in [0.29, 0.717) is 18.2 Å². The van der Waals surface area contributed by atoms with Crippen molar-refractivity contribution in [1.29, 1.82) is 0 Å². The molecule has 1 spiro atoms. The first kappa shape index (κ1) is 17.2. The van der Waals surface area contributed by atoms with Gasteiger partial charge in [0.25, 0.3) is 0 Å². The van der Waals surface area contributed by atoms with Gasteiger partial charge in [-0.1, -0.05) is 13.8 Å². The van der Waals surface area contributed by atoms with E-state index in [2.05, 4.69) is 33.6 Å². The van der Waals surface area contributed by atoms with Gasteiger partial charge in [0.15, 0.2) is 0 Å². The van der Waals surface area contributed by atoms with Crippen molar-refractivity contribution in [1.82, 2.24) is 14.9 Å². The highest BCUT2D eigenvalue weighted by Crippen LogP contribution is 2.40. The molecule has 3 rings (SSSR count). The summed E-state index contributed by atoms with van der Waals surface area (Å²) in [4.78, 5) is 25.8. The number of hydrogen-bond donors (Lipinski definition) is 0. The molecular formula is C19H30N4O. The summed E-state index contributed by atoms with van der Waals surface area (Å²) in [5, 5.41) is 0. The predicted molar refractivity (Wildman–Crippen MR) is 95.9 cm³/mol. The van der Waals surface area contributed by atoms with Gasteiger partial charge in [0.1, 0.15) is 5.82 Å². The smallest absolute Gasteiger partial charge is 0.222 e. The molecule has 0 N–H and O–H groups in total. The van der Waals surface area contributed by atoms with E-state index in [4.69, 9.17) is 0 Å². The zero-order chi connectivity index (χ0) is 17.2. The average molecular weight is 330 g/mol. The summed E-state index contributed by atoms with van der Waals surface area (Å²) >= 11 is 0. The maximum absolute atomic E-state index is 12.3. The van der Waals surface area contributed by atoms with E-state index in [-0.39, 0.29) is 5.41 Å². The molecule has 1 aromatic heterocycles. The Kier molecular flexibility index (Phi) is 5.07. The van der Waals surface area contributed by atoms with Gasteiger partial charge < -0.3 is 9.80 Å². The van der Waals surface area contributed by atoms with E-state index in [1.165, 1.54) is 12.8 Å². The number of aromatic nitrogens is 2. The molecule has 2 fully saturated rings. The monoisotopic (exact) mass is 330 g/mol. The molecule has 5 heteroatoms. The van der Waals surface area contributed by atoms with E-state index in [1.54, 1.807) is 12.4 Å². The number of aryl methyl sites for hydroxylation is 1. The van der Waals surface area contributed by atoms with Crippen LogP contribution in [0.5, 0.6) is 0 Å². The van der Waals surface area contributed by atoms with Gasteiger partial charge >= 0.3 is 0 Å². The Morgan fingerprint density at radius 1 is 1.21 bits per heavy atom. The van der Waals surface area contributed by atoms with Crippen LogP contribution in [0.2, 0.25) is 0 Å². The second kappa shape index (κ2) is 7.08. The lowest BCUT2D eigenvalue weighted by molar-refractivity contribution is -0.138. The molecule has 3 heterocycles. The molecule has 1 amide bonds. The highest BCUT2D eigenvalue weighted by molar-refractivity contribution is 5.77. The minimum absolute atomic E-state index is 0.229. The number of anilines is 1. The first-order chi connectivity index (χ1) is 11.5. The molecular weight excluding hydrogens is 300 g/mol. The van der Waals surface area contributed by atoms with Crippen molar-refractivity contribution in [3.05, 3.63) is 18.1 Å². The van der Waals surface area contributed by atoms with Crippen LogP contribution in [0.3, 0.4) is 0 Å². The summed E-state index contributed by atoms with van der Waals surface area (Å²) in [6.45, 7) is 10.3. The van der Waals surface area contributed by atoms with Crippen LogP contribution in [0.25, 0.3) is 0 Å². The maximum atomic E-state index is 12.3. The number of likely N-dealkylation sites (tertiary alicyclic amines) is 1. The van der Waals surface area contributed by atoms with Crippen LogP contribution >= 0.6 is 0 Å². The SMILES string of the molecule is Cc1nccnc1N1CCC[C@@]2(CCC(=O)N(CCC(C)C)C2)C1. The standard InChI is InChI=1S/C19H30N4O/c1-15(2)6-12-22-13-19(8-5-17(22)24)7-4-11-23(14-19)18-16(3)20-9-10-21-18/h9-10,15H,4-8,11-14H2,1-3H3/t19-/m0/s1. The molecule has 24 heavy (non-hydrogen) atoms. The first-order valence-corrected chi connectivity index (χ1v) is 9.29. The number of carbonyl (C=O) groups is 1. The number of amides is 1. The molecule has 1 atom stereocenters. The van der Waals surface area contributed by atoms with Crippen LogP contribution < -0.4 is 4.90 Å². The van der Waals surface area contributed by atoms with Gasteiger partial charge in [0, 0.05) is 50.4 Å². The third-order valence-electron chi connectivity index (χ3n) is 5.54. The molecule has 2 saturated heterocycles. The topological polar surface area (TPSA) is 49.3 Å². The molecule has 0 saturated carbocycles. The van der Waals surface area contributed by atoms with Gasteiger partial charge in [0.05, 0.1) is 5.69 Å². The van der Waals surface area contributed by atoms with E-state index >= 15 is 0 Å². The van der Waals surface area contributed by atoms with Crippen molar-refractivity contribution in [2.24, 2.45) is 11.3 Å². The first-order valence-electron chi connectivity index (χ1n) is 9.29. The Hall–Kier alpha value is -1.65. The normalized spacial score (nSPS) is 24.9. The van der Waals surface area contributed by atoms with Crippen LogP contribution in [0.4, 0.5) is 5.82 Å². The zero-order valence-electron chi connectivity index (χ0n) is 15.3. The third-order valence-corrected chi connectivity index (χ3v) is 5.54. The van der Waals surface area contributed by atoms with E-state index < -0.39 is 0 Å². The van der Waals surface area contributed by atoms with E-state index in [1.807, 2.05) is 6.92 Å². The molecule has 0 radical (unpaired) electrons. The molecule has 2 aliphatic heterocycles. The van der Waals surface area contributed by atoms with E-state index in [9.17, 15) is 4.79 Å². The van der Waals surface area contributed by atoms with Gasteiger partial charge in [-0.15, -0.1) is 0 Å². The Morgan fingerprint density at radius 3 is 2.75 bits per heavy atom. The van der Waals surface area contributed by atoms with Crippen LogP contribution in [-0.4, -0.2) is 47.0 Å². The Balaban J connectivity index is 1.72. The zero-order valence-corrected chi connectivity index (χ0v) is 15.3. The van der Waals surface area contributed by atoms with Gasteiger partial charge in [-0.2, -0.15) is 0 Å². The molecule has 0 bridgehead atoms. The molecule has 1 aromatic rings. The number of hydrogen-bond acceptors (Lipinski definition) is 4. The lowest BCUT2D eigenvalue weighted by atomic mass is 9.73. The minimum atomic E-state index is 0.229. The predicted octanol–water partition coefficient (Wildman–Crippen LogP) is 3.04. The summed E-state index contributed by atoms with van der Waals surface area (Å²) in [5.74, 6) is 2.00. The van der Waals surface area contributed by atoms with Crippen molar-refractivity contribution in [3.8, 4) is 0 Å². The van der Waals surface area contributed by atoms with Gasteiger partial charge in [-0.3, -0.25) is 9.78 Å². The van der Waals surface area contributed by atoms with E-state index in [0.717, 1.165) is 50.5 Å². The highest BCUT2D eigenvalue weighted by atomic mass is 16.2. The summed E-state index contributed by atoms with van der Waals surface area (Å²) in [7, 11) is 0. The van der Waals surface area contributed by atoms with Crippen LogP contribution in [-0.2, 0) is 4.79 Å². The number of piperidine rings is 2. The fraction of sp³-hybridized carbons (Fsp3) is 0.737. The average Bonchev–Trinajstić information content (AvgIpc) is 2.56. The molecule has 5 nitrogen and oxygen atoms in total. The highest BCUT2D eigenvalue weighted by Gasteiger charge is 2.42. The number of carbonyl (C=O) groups excluding carboxylic acids is 1. The lowest BCUT2D eigenvalue weighted by Crippen LogP contribution is -2.54. The van der Waals surface area contributed by atoms with Gasteiger partial charge in [0.2, 0.25) is 5.91 Å². The third kappa shape index (κ3) is 3.70. The largest absolute Gasteiger partial charge is 0.354 e. The molecule has 2 aliphatic rings. The Morgan fingerprint density at radius 2 is 2.00 bits per heavy atom. The fourth-order valence-electron chi connectivity index (χ4n) is 4.15.